The van der Waals surface area contributed by atoms with Gasteiger partial charge in [-0.1, -0.05) is 0 Å². The molecule has 0 spiro atoms. The summed E-state index contributed by atoms with van der Waals surface area (Å²) in [5.74, 6) is 0. The highest BCUT2D eigenvalue weighted by Crippen LogP contribution is 2.26. The van der Waals surface area contributed by atoms with Gasteiger partial charge in [-0.15, -0.1) is 0 Å². The maximum atomic E-state index is 11.5. The Morgan fingerprint density at radius 2 is 1.53 bits per heavy atom. The van der Waals surface area contributed by atoms with Gasteiger partial charge in [0.25, 0.3) is 0 Å². The fourth-order valence-corrected chi connectivity index (χ4v) is 2.38. The molecule has 3 heteroatoms. The second-order valence-electron chi connectivity index (χ2n) is 4.63. The zero-order chi connectivity index (χ0) is 12.2. The van der Waals surface area contributed by atoms with Crippen molar-refractivity contribution in [3.8, 4) is 0 Å². The Bertz CT molecular complexity index is 793. The Hall–Kier alpha value is -2.03. The number of H-pyrrole nitrogens is 2. The first-order valence-corrected chi connectivity index (χ1v) is 5.69. The molecule has 0 aliphatic heterocycles. The van der Waals surface area contributed by atoms with Crippen LogP contribution in [0.3, 0.4) is 0 Å². The molecular weight excluding hydrogens is 212 g/mol. The Kier molecular flexibility index (Phi) is 1.93. The Morgan fingerprint density at radius 3 is 2.29 bits per heavy atom. The largest absolute Gasteiger partial charge is 0.358 e. The average molecular weight is 226 g/mol. The summed E-state index contributed by atoms with van der Waals surface area (Å²) in [5.41, 5.74) is 5.42. The molecule has 0 fully saturated rings. The zero-order valence-corrected chi connectivity index (χ0v) is 10.1. The Balaban J connectivity index is 2.56. The van der Waals surface area contributed by atoms with Gasteiger partial charge in [0, 0.05) is 33.6 Å². The minimum Gasteiger partial charge on any atom is -0.358 e. The van der Waals surface area contributed by atoms with E-state index in [0.717, 1.165) is 22.0 Å². The van der Waals surface area contributed by atoms with Crippen molar-refractivity contribution in [2.45, 2.75) is 20.8 Å². The van der Waals surface area contributed by atoms with Crippen molar-refractivity contribution < 1.29 is 0 Å². The molecule has 0 radical (unpaired) electrons. The van der Waals surface area contributed by atoms with Gasteiger partial charge in [0.2, 0.25) is 5.56 Å². The standard InChI is InChI=1S/C14H14N2O/c1-7-4-14(17)16-12-6-11-8(2)9(3)15-13(11)5-10(7)12/h4-6,15H,1-3H3,(H,16,17). The van der Waals surface area contributed by atoms with Gasteiger partial charge in [-0.05, 0) is 44.0 Å². The highest BCUT2D eigenvalue weighted by atomic mass is 16.1. The third-order valence-electron chi connectivity index (χ3n) is 3.48. The number of aromatic nitrogens is 2. The summed E-state index contributed by atoms with van der Waals surface area (Å²) in [6, 6.07) is 5.80. The number of nitrogens with one attached hydrogen (secondary N) is 2. The molecule has 0 bridgehead atoms. The van der Waals surface area contributed by atoms with E-state index in [2.05, 4.69) is 35.9 Å². The van der Waals surface area contributed by atoms with Crippen molar-refractivity contribution in [2.75, 3.05) is 0 Å². The predicted octanol–water partition coefficient (Wildman–Crippen LogP) is 2.93. The lowest BCUT2D eigenvalue weighted by Crippen LogP contribution is -2.04. The van der Waals surface area contributed by atoms with E-state index in [4.69, 9.17) is 0 Å². The molecule has 3 aromatic rings. The van der Waals surface area contributed by atoms with E-state index in [0.29, 0.717) is 0 Å². The molecule has 2 N–H and O–H groups in total. The van der Waals surface area contributed by atoms with Crippen LogP contribution in [0, 0.1) is 20.8 Å². The highest BCUT2D eigenvalue weighted by molar-refractivity contribution is 5.98. The summed E-state index contributed by atoms with van der Waals surface area (Å²) in [6.45, 7) is 6.12. The van der Waals surface area contributed by atoms with E-state index >= 15 is 0 Å². The molecule has 0 unspecified atom stereocenters. The molecule has 3 rings (SSSR count). The van der Waals surface area contributed by atoms with Crippen LogP contribution in [0.15, 0.2) is 23.0 Å². The van der Waals surface area contributed by atoms with E-state index in [9.17, 15) is 4.79 Å². The topological polar surface area (TPSA) is 48.6 Å². The quantitative estimate of drug-likeness (QED) is 0.608. The number of aromatic amines is 2. The summed E-state index contributed by atoms with van der Waals surface area (Å²) >= 11 is 0. The second kappa shape index (κ2) is 3.23. The molecule has 0 aliphatic carbocycles. The van der Waals surface area contributed by atoms with Gasteiger partial charge in [0.05, 0.1) is 0 Å². The van der Waals surface area contributed by atoms with Crippen LogP contribution in [0.1, 0.15) is 16.8 Å². The lowest BCUT2D eigenvalue weighted by Gasteiger charge is -2.02. The van der Waals surface area contributed by atoms with Crippen LogP contribution >= 0.6 is 0 Å². The minimum atomic E-state index is -0.0424. The molecule has 17 heavy (non-hydrogen) atoms. The fraction of sp³-hybridized carbons (Fsp3) is 0.214. The van der Waals surface area contributed by atoms with Crippen molar-refractivity contribution in [1.29, 1.82) is 0 Å². The zero-order valence-electron chi connectivity index (χ0n) is 10.1. The van der Waals surface area contributed by atoms with Gasteiger partial charge in [0.1, 0.15) is 0 Å². The first-order chi connectivity index (χ1) is 8.06. The molecule has 0 amide bonds. The van der Waals surface area contributed by atoms with E-state index in [-0.39, 0.29) is 5.56 Å². The van der Waals surface area contributed by atoms with E-state index in [1.54, 1.807) is 6.07 Å². The molecule has 0 saturated heterocycles. The SMILES string of the molecule is Cc1[nH]c2cc3c(C)cc(=O)[nH]c3cc2c1C. The summed E-state index contributed by atoms with van der Waals surface area (Å²) in [7, 11) is 0. The van der Waals surface area contributed by atoms with Gasteiger partial charge in [-0.2, -0.15) is 0 Å². The minimum absolute atomic E-state index is 0.0424. The van der Waals surface area contributed by atoms with Crippen LogP contribution in [0.5, 0.6) is 0 Å². The number of hydrogen-bond acceptors (Lipinski definition) is 1. The molecule has 0 aliphatic rings. The van der Waals surface area contributed by atoms with Crippen LogP contribution in [-0.2, 0) is 0 Å². The highest BCUT2D eigenvalue weighted by Gasteiger charge is 2.07. The average Bonchev–Trinajstić information content (AvgIpc) is 2.53. The maximum absolute atomic E-state index is 11.5. The molecule has 2 heterocycles. The summed E-state index contributed by atoms with van der Waals surface area (Å²) < 4.78 is 0. The first-order valence-electron chi connectivity index (χ1n) is 5.69. The normalized spacial score (nSPS) is 11.5. The number of benzene rings is 1. The van der Waals surface area contributed by atoms with Crippen molar-refractivity contribution in [1.82, 2.24) is 9.97 Å². The molecule has 1 aromatic carbocycles. The molecule has 0 atom stereocenters. The number of fused-ring (bicyclic) bond motifs is 2. The summed E-state index contributed by atoms with van der Waals surface area (Å²) in [4.78, 5) is 17.7. The summed E-state index contributed by atoms with van der Waals surface area (Å²) in [5, 5.41) is 2.27. The third kappa shape index (κ3) is 1.39. The Morgan fingerprint density at radius 1 is 0.882 bits per heavy atom. The van der Waals surface area contributed by atoms with Crippen LogP contribution in [-0.4, -0.2) is 9.97 Å². The van der Waals surface area contributed by atoms with Crippen molar-refractivity contribution in [3.05, 3.63) is 45.4 Å². The van der Waals surface area contributed by atoms with E-state index < -0.39 is 0 Å². The lowest BCUT2D eigenvalue weighted by molar-refractivity contribution is 1.25. The van der Waals surface area contributed by atoms with Gasteiger partial charge >= 0.3 is 0 Å². The third-order valence-corrected chi connectivity index (χ3v) is 3.48. The van der Waals surface area contributed by atoms with Crippen LogP contribution in [0.4, 0.5) is 0 Å². The molecule has 3 nitrogen and oxygen atoms in total. The number of pyridine rings is 1. The van der Waals surface area contributed by atoms with Crippen LogP contribution in [0.2, 0.25) is 0 Å². The van der Waals surface area contributed by atoms with E-state index in [1.165, 1.54) is 16.6 Å². The van der Waals surface area contributed by atoms with Crippen molar-refractivity contribution in [3.63, 3.8) is 0 Å². The maximum Gasteiger partial charge on any atom is 0.248 e. The number of hydrogen-bond donors (Lipinski definition) is 2. The second-order valence-corrected chi connectivity index (χ2v) is 4.63. The molecule has 86 valence electrons. The monoisotopic (exact) mass is 226 g/mol. The number of aryl methyl sites for hydroxylation is 3. The summed E-state index contributed by atoms with van der Waals surface area (Å²) in [6.07, 6.45) is 0. The van der Waals surface area contributed by atoms with Crippen molar-refractivity contribution >= 4 is 21.8 Å². The van der Waals surface area contributed by atoms with Crippen LogP contribution < -0.4 is 5.56 Å². The van der Waals surface area contributed by atoms with E-state index in [1.807, 2.05) is 6.92 Å². The van der Waals surface area contributed by atoms with Crippen molar-refractivity contribution in [2.24, 2.45) is 0 Å². The van der Waals surface area contributed by atoms with Gasteiger partial charge in [0.15, 0.2) is 0 Å². The molecule has 2 aromatic heterocycles. The van der Waals surface area contributed by atoms with Gasteiger partial charge in [-0.3, -0.25) is 4.79 Å². The molecule has 0 saturated carbocycles. The van der Waals surface area contributed by atoms with Gasteiger partial charge < -0.3 is 9.97 Å². The van der Waals surface area contributed by atoms with Crippen LogP contribution in [0.25, 0.3) is 21.8 Å². The Labute approximate surface area is 98.5 Å². The fourth-order valence-electron chi connectivity index (χ4n) is 2.38. The predicted molar refractivity (Wildman–Crippen MR) is 70.6 cm³/mol. The molecular formula is C14H14N2O. The smallest absolute Gasteiger partial charge is 0.248 e. The first kappa shape index (κ1) is 10.1. The lowest BCUT2D eigenvalue weighted by atomic mass is 10.1. The number of rotatable bonds is 0. The van der Waals surface area contributed by atoms with Gasteiger partial charge in [-0.25, -0.2) is 0 Å².